The Bertz CT molecular complexity index is 297. The van der Waals surface area contributed by atoms with Crippen LogP contribution >= 0.6 is 11.6 Å². The van der Waals surface area contributed by atoms with Crippen LogP contribution in [0.4, 0.5) is 0 Å². The van der Waals surface area contributed by atoms with Crippen LogP contribution in [0.5, 0.6) is 0 Å². The molecule has 0 aliphatic carbocycles. The Morgan fingerprint density at radius 1 is 1.43 bits per heavy atom. The zero-order valence-corrected chi connectivity index (χ0v) is 9.17. The van der Waals surface area contributed by atoms with Crippen molar-refractivity contribution in [3.8, 4) is 0 Å². The van der Waals surface area contributed by atoms with E-state index >= 15 is 0 Å². The van der Waals surface area contributed by atoms with Gasteiger partial charge in [0.15, 0.2) is 0 Å². The smallest absolute Gasteiger partial charge is 0.129 e. The van der Waals surface area contributed by atoms with Gasteiger partial charge < -0.3 is 0 Å². The fraction of sp³-hybridized carbons (Fsp3) is 0.545. The molecule has 1 aromatic heterocycles. The van der Waals surface area contributed by atoms with Crippen molar-refractivity contribution in [3.63, 3.8) is 0 Å². The second kappa shape index (κ2) is 4.28. The summed E-state index contributed by atoms with van der Waals surface area (Å²) in [5.41, 5.74) is 1.29. The number of halogens is 1. The van der Waals surface area contributed by atoms with Crippen molar-refractivity contribution in [2.24, 2.45) is 0 Å². The third-order valence-electron chi connectivity index (χ3n) is 2.91. The van der Waals surface area contributed by atoms with Gasteiger partial charge in [0, 0.05) is 12.2 Å². The fourth-order valence-electron chi connectivity index (χ4n) is 2.08. The minimum atomic E-state index is 0.536. The molecule has 1 saturated heterocycles. The molecule has 2 rings (SSSR count). The average molecular weight is 211 g/mol. The zero-order chi connectivity index (χ0) is 9.97. The Morgan fingerprint density at radius 2 is 2.29 bits per heavy atom. The molecule has 0 aromatic carbocycles. The highest BCUT2D eigenvalue weighted by Gasteiger charge is 2.20. The highest BCUT2D eigenvalue weighted by atomic mass is 35.5. The molecule has 14 heavy (non-hydrogen) atoms. The van der Waals surface area contributed by atoms with E-state index in [1.807, 2.05) is 12.3 Å². The van der Waals surface area contributed by atoms with E-state index < -0.39 is 0 Å². The number of hydrogen-bond acceptors (Lipinski definition) is 2. The van der Waals surface area contributed by atoms with Crippen molar-refractivity contribution in [2.45, 2.75) is 25.3 Å². The van der Waals surface area contributed by atoms with Gasteiger partial charge in [-0.2, -0.15) is 0 Å². The van der Waals surface area contributed by atoms with Crippen molar-refractivity contribution >= 4 is 11.6 Å². The summed E-state index contributed by atoms with van der Waals surface area (Å²) in [6, 6.07) is 4.50. The molecule has 3 heteroatoms. The molecule has 0 saturated carbocycles. The minimum absolute atomic E-state index is 0.536. The van der Waals surface area contributed by atoms with E-state index in [-0.39, 0.29) is 0 Å². The Morgan fingerprint density at radius 3 is 2.93 bits per heavy atom. The standard InChI is InChI=1S/C11H15ClN2/c1-14-7-3-2-4-10(14)9-5-6-11(12)13-8-9/h5-6,8,10H,2-4,7H2,1H3. The van der Waals surface area contributed by atoms with Crippen LogP contribution in [0.3, 0.4) is 0 Å². The number of aromatic nitrogens is 1. The van der Waals surface area contributed by atoms with Gasteiger partial charge in [-0.1, -0.05) is 24.1 Å². The van der Waals surface area contributed by atoms with E-state index in [0.717, 1.165) is 0 Å². The molecule has 1 fully saturated rings. The first-order chi connectivity index (χ1) is 6.77. The summed E-state index contributed by atoms with van der Waals surface area (Å²) >= 11 is 5.76. The highest BCUT2D eigenvalue weighted by molar-refractivity contribution is 6.29. The van der Waals surface area contributed by atoms with Gasteiger partial charge in [0.25, 0.3) is 0 Å². The lowest BCUT2D eigenvalue weighted by Crippen LogP contribution is -2.29. The van der Waals surface area contributed by atoms with E-state index in [4.69, 9.17) is 11.6 Å². The number of piperidine rings is 1. The fourth-order valence-corrected chi connectivity index (χ4v) is 2.19. The first-order valence-electron chi connectivity index (χ1n) is 5.09. The molecule has 0 spiro atoms. The quantitative estimate of drug-likeness (QED) is 0.663. The first kappa shape index (κ1) is 9.94. The highest BCUT2D eigenvalue weighted by Crippen LogP contribution is 2.29. The van der Waals surface area contributed by atoms with Gasteiger partial charge in [-0.25, -0.2) is 4.98 Å². The summed E-state index contributed by atoms with van der Waals surface area (Å²) in [6.07, 6.45) is 5.76. The molecule has 2 nitrogen and oxygen atoms in total. The SMILES string of the molecule is CN1CCCCC1c1ccc(Cl)nc1. The van der Waals surface area contributed by atoms with Gasteiger partial charge in [0.05, 0.1) is 0 Å². The van der Waals surface area contributed by atoms with Crippen LogP contribution in [0.15, 0.2) is 18.3 Å². The lowest BCUT2D eigenvalue weighted by molar-refractivity contribution is 0.187. The van der Waals surface area contributed by atoms with Crippen LogP contribution in [0.25, 0.3) is 0 Å². The van der Waals surface area contributed by atoms with E-state index in [1.165, 1.54) is 31.4 Å². The summed E-state index contributed by atoms with van der Waals surface area (Å²) in [4.78, 5) is 6.52. The van der Waals surface area contributed by atoms with Crippen molar-refractivity contribution in [1.82, 2.24) is 9.88 Å². The lowest BCUT2D eigenvalue weighted by Gasteiger charge is -2.32. The van der Waals surface area contributed by atoms with E-state index in [1.54, 1.807) is 0 Å². The van der Waals surface area contributed by atoms with Crippen molar-refractivity contribution in [2.75, 3.05) is 13.6 Å². The van der Waals surface area contributed by atoms with Crippen LogP contribution in [0, 0.1) is 0 Å². The topological polar surface area (TPSA) is 16.1 Å². The van der Waals surface area contributed by atoms with Crippen molar-refractivity contribution in [3.05, 3.63) is 29.0 Å². The first-order valence-corrected chi connectivity index (χ1v) is 5.47. The molecular weight excluding hydrogens is 196 g/mol. The predicted octanol–water partition coefficient (Wildman–Crippen LogP) is 2.89. The van der Waals surface area contributed by atoms with E-state index in [0.29, 0.717) is 11.2 Å². The molecule has 1 aliphatic rings. The third kappa shape index (κ3) is 2.07. The molecule has 0 bridgehead atoms. The Balaban J connectivity index is 2.16. The maximum absolute atomic E-state index is 5.76. The van der Waals surface area contributed by atoms with Crippen LogP contribution < -0.4 is 0 Å². The van der Waals surface area contributed by atoms with E-state index in [9.17, 15) is 0 Å². The molecule has 0 radical (unpaired) electrons. The second-order valence-corrected chi connectivity index (χ2v) is 4.29. The Labute approximate surface area is 89.9 Å². The summed E-state index contributed by atoms with van der Waals surface area (Å²) in [7, 11) is 2.18. The normalized spacial score (nSPS) is 23.7. The van der Waals surface area contributed by atoms with E-state index in [2.05, 4.69) is 23.0 Å². The summed E-state index contributed by atoms with van der Waals surface area (Å²) < 4.78 is 0. The summed E-state index contributed by atoms with van der Waals surface area (Å²) in [5.74, 6) is 0. The largest absolute Gasteiger partial charge is 0.299 e. The average Bonchev–Trinajstić information content (AvgIpc) is 2.20. The summed E-state index contributed by atoms with van der Waals surface area (Å²) in [5, 5.41) is 0.576. The van der Waals surface area contributed by atoms with Gasteiger partial charge in [-0.3, -0.25) is 4.90 Å². The Hall–Kier alpha value is -0.600. The van der Waals surface area contributed by atoms with Crippen LogP contribution in [-0.4, -0.2) is 23.5 Å². The molecule has 76 valence electrons. The molecular formula is C11H15ClN2. The lowest BCUT2D eigenvalue weighted by atomic mass is 9.97. The number of nitrogens with zero attached hydrogens (tertiary/aromatic N) is 2. The van der Waals surface area contributed by atoms with Gasteiger partial charge in [0.1, 0.15) is 5.15 Å². The molecule has 1 aromatic rings. The van der Waals surface area contributed by atoms with Gasteiger partial charge >= 0.3 is 0 Å². The van der Waals surface area contributed by atoms with Gasteiger partial charge in [-0.15, -0.1) is 0 Å². The van der Waals surface area contributed by atoms with Crippen LogP contribution in [-0.2, 0) is 0 Å². The number of rotatable bonds is 1. The van der Waals surface area contributed by atoms with Crippen LogP contribution in [0.2, 0.25) is 5.15 Å². The molecule has 0 amide bonds. The maximum atomic E-state index is 5.76. The van der Waals surface area contributed by atoms with Gasteiger partial charge in [0.2, 0.25) is 0 Å². The second-order valence-electron chi connectivity index (χ2n) is 3.91. The zero-order valence-electron chi connectivity index (χ0n) is 8.41. The minimum Gasteiger partial charge on any atom is -0.299 e. The monoisotopic (exact) mass is 210 g/mol. The van der Waals surface area contributed by atoms with Crippen molar-refractivity contribution < 1.29 is 0 Å². The third-order valence-corrected chi connectivity index (χ3v) is 3.13. The number of hydrogen-bond donors (Lipinski definition) is 0. The maximum Gasteiger partial charge on any atom is 0.129 e. The number of likely N-dealkylation sites (tertiary alicyclic amines) is 1. The molecule has 2 heterocycles. The summed E-state index contributed by atoms with van der Waals surface area (Å²) in [6.45, 7) is 1.19. The van der Waals surface area contributed by atoms with Crippen LogP contribution in [0.1, 0.15) is 30.9 Å². The van der Waals surface area contributed by atoms with Gasteiger partial charge in [-0.05, 0) is 38.1 Å². The molecule has 1 aliphatic heterocycles. The van der Waals surface area contributed by atoms with Crippen molar-refractivity contribution in [1.29, 1.82) is 0 Å². The number of pyridine rings is 1. The molecule has 0 N–H and O–H groups in total. The Kier molecular flexibility index (Phi) is 3.04. The molecule has 1 unspecified atom stereocenters. The molecule has 1 atom stereocenters. The predicted molar refractivity (Wildman–Crippen MR) is 58.5 cm³/mol.